The van der Waals surface area contributed by atoms with Crippen LogP contribution < -0.4 is 16.8 Å². The Hall–Kier alpha value is -2.85. The number of rotatable bonds is 10. The van der Waals surface area contributed by atoms with E-state index in [1.165, 1.54) is 16.7 Å². The van der Waals surface area contributed by atoms with E-state index in [1.807, 2.05) is 6.07 Å². The molecule has 4 heterocycles. The molecule has 0 aromatic carbocycles. The van der Waals surface area contributed by atoms with Crippen molar-refractivity contribution in [2.24, 2.45) is 10.9 Å². The summed E-state index contributed by atoms with van der Waals surface area (Å²) in [7, 11) is 0. The zero-order valence-electron chi connectivity index (χ0n) is 19.1. The molecule has 37 heavy (non-hydrogen) atoms. The summed E-state index contributed by atoms with van der Waals surface area (Å²) in [5.74, 6) is -1.32. The third kappa shape index (κ3) is 5.55. The minimum atomic E-state index is -1.24. The lowest BCUT2D eigenvalue weighted by atomic mass is 9.86. The minimum absolute atomic E-state index is 0.0497. The molecular weight excluding hydrogens is 562 g/mol. The normalized spacial score (nSPS) is 19.5. The second-order valence-electron chi connectivity index (χ2n) is 7.86. The number of carboxylic acid groups (broad SMARTS) is 1. The van der Waals surface area contributed by atoms with Gasteiger partial charge in [0.1, 0.15) is 21.8 Å². The minimum Gasteiger partial charge on any atom is -0.477 e. The van der Waals surface area contributed by atoms with Crippen molar-refractivity contribution in [3.8, 4) is 0 Å². The predicted octanol–water partition coefficient (Wildman–Crippen LogP) is 1.72. The summed E-state index contributed by atoms with van der Waals surface area (Å²) >= 11 is 9.82. The molecule has 1 saturated heterocycles. The molecule has 0 aliphatic carbocycles. The number of nitrogen functional groups attached to an aromatic ring is 1. The highest BCUT2D eigenvalue weighted by molar-refractivity contribution is 8.03. The van der Waals surface area contributed by atoms with Crippen LogP contribution in [0.5, 0.6) is 0 Å². The number of aromatic nitrogens is 2. The lowest BCUT2D eigenvalue weighted by molar-refractivity contribution is -0.155. The number of fused-ring (bicyclic) bond motifs is 1. The van der Waals surface area contributed by atoms with Crippen LogP contribution >= 0.6 is 46.5 Å². The molecule has 1 fully saturated rings. The van der Waals surface area contributed by atoms with Gasteiger partial charge in [0.25, 0.3) is 11.8 Å². The molecule has 2 aromatic rings. The van der Waals surface area contributed by atoms with Gasteiger partial charge in [0.05, 0.1) is 11.7 Å². The van der Waals surface area contributed by atoms with E-state index < -0.39 is 35.6 Å². The highest BCUT2D eigenvalue weighted by Gasteiger charge is 2.54. The van der Waals surface area contributed by atoms with Crippen molar-refractivity contribution in [2.75, 3.05) is 18.0 Å². The van der Waals surface area contributed by atoms with E-state index >= 15 is 0 Å². The highest BCUT2D eigenvalue weighted by Crippen LogP contribution is 2.44. The van der Waals surface area contributed by atoms with Crippen LogP contribution in [-0.4, -0.2) is 73.1 Å². The second-order valence-corrected chi connectivity index (χ2v) is 11.7. The van der Waals surface area contributed by atoms with Gasteiger partial charge < -0.3 is 27.1 Å². The number of halogens is 1. The van der Waals surface area contributed by atoms with Gasteiger partial charge in [-0.15, -0.1) is 0 Å². The van der Waals surface area contributed by atoms with Crippen LogP contribution in [0.2, 0.25) is 4.34 Å². The molecule has 16 heteroatoms. The van der Waals surface area contributed by atoms with Crippen molar-refractivity contribution in [1.82, 2.24) is 20.2 Å². The lowest BCUT2D eigenvalue weighted by Crippen LogP contribution is -2.72. The van der Waals surface area contributed by atoms with Gasteiger partial charge in [-0.3, -0.25) is 19.5 Å². The Morgan fingerprint density at radius 1 is 1.41 bits per heavy atom. The molecule has 2 atom stereocenters. The first kappa shape index (κ1) is 27.2. The van der Waals surface area contributed by atoms with E-state index in [9.17, 15) is 24.7 Å². The van der Waals surface area contributed by atoms with E-state index in [2.05, 4.69) is 20.4 Å². The first-order valence-electron chi connectivity index (χ1n) is 10.9. The summed E-state index contributed by atoms with van der Waals surface area (Å²) in [6, 6.07) is 2.06. The number of oxime groups is 1. The largest absolute Gasteiger partial charge is 0.477 e. The van der Waals surface area contributed by atoms with Crippen LogP contribution in [0.15, 0.2) is 39.0 Å². The molecule has 7 N–H and O–H groups in total. The number of aliphatic carboxylic acids is 1. The fraction of sp³-hybridized carbons (Fsp3) is 0.333. The van der Waals surface area contributed by atoms with Crippen LogP contribution in [0.25, 0.3) is 0 Å². The van der Waals surface area contributed by atoms with Crippen molar-refractivity contribution >= 4 is 75.1 Å². The Kier molecular flexibility index (Phi) is 8.59. The quantitative estimate of drug-likeness (QED) is 0.0897. The number of thiazole rings is 1. The number of pyridine rings is 1. The van der Waals surface area contributed by atoms with Crippen LogP contribution in [0.4, 0.5) is 5.13 Å². The summed E-state index contributed by atoms with van der Waals surface area (Å²) in [4.78, 5) is 48.8. The fourth-order valence-electron chi connectivity index (χ4n) is 4.01. The average Bonchev–Trinajstić information content (AvgIpc) is 3.20. The number of β-lactam (4-membered cyclic amide) rings is 1. The van der Waals surface area contributed by atoms with Gasteiger partial charge in [-0.1, -0.05) is 39.9 Å². The molecule has 0 spiro atoms. The van der Waals surface area contributed by atoms with Crippen molar-refractivity contribution in [2.45, 2.75) is 35.6 Å². The van der Waals surface area contributed by atoms with Crippen molar-refractivity contribution in [3.63, 3.8) is 0 Å². The van der Waals surface area contributed by atoms with E-state index in [-0.39, 0.29) is 20.9 Å². The molecule has 2 aliphatic heterocycles. The third-order valence-electron chi connectivity index (χ3n) is 5.61. The number of hydrogen-bond acceptors (Lipinski definition) is 12. The maximum Gasteiger partial charge on any atom is 0.353 e. The maximum absolute atomic E-state index is 13.0. The van der Waals surface area contributed by atoms with E-state index in [4.69, 9.17) is 23.1 Å². The van der Waals surface area contributed by atoms with Crippen LogP contribution in [0.3, 0.4) is 0 Å². The topological polar surface area (TPSA) is 197 Å². The van der Waals surface area contributed by atoms with Gasteiger partial charge >= 0.3 is 5.97 Å². The van der Waals surface area contributed by atoms with Crippen molar-refractivity contribution in [1.29, 1.82) is 0 Å². The summed E-state index contributed by atoms with van der Waals surface area (Å²) in [6.07, 6.45) is 2.48. The molecule has 0 bridgehead atoms. The highest BCUT2D eigenvalue weighted by atomic mass is 35.5. The van der Waals surface area contributed by atoms with E-state index in [1.54, 1.807) is 24.0 Å². The number of amides is 2. The van der Waals surface area contributed by atoms with Crippen molar-refractivity contribution < 1.29 is 24.7 Å². The number of hydrogen-bond donors (Lipinski definition) is 5. The number of allylic oxidation sites excluding steroid dienone is 1. The maximum atomic E-state index is 13.0. The molecule has 0 radical (unpaired) electrons. The number of carbonyl (C=O) groups excluding carboxylic acids is 2. The Morgan fingerprint density at radius 2 is 2.19 bits per heavy atom. The molecule has 0 saturated carbocycles. The number of nitrogens with zero attached hydrogens (tertiary/aromatic N) is 4. The van der Waals surface area contributed by atoms with Gasteiger partial charge in [-0.05, 0) is 25.0 Å². The molecule has 4 rings (SSSR count). The monoisotopic (exact) mass is 583 g/mol. The number of nitrogens with two attached hydrogens (primary N) is 2. The number of thioether (sulfide) groups is 2. The molecule has 2 aliphatic rings. The second kappa shape index (κ2) is 11.7. The number of carbonyl (C=O) groups is 3. The first-order chi connectivity index (χ1) is 17.8. The Labute approximate surface area is 228 Å². The number of nitrogens with one attached hydrogen (secondary N) is 1. The van der Waals surface area contributed by atoms with Crippen LogP contribution in [0, 0.1) is 0 Å². The van der Waals surface area contributed by atoms with Gasteiger partial charge in [0.15, 0.2) is 10.8 Å². The van der Waals surface area contributed by atoms with Gasteiger partial charge in [-0.25, -0.2) is 9.78 Å². The van der Waals surface area contributed by atoms with Gasteiger partial charge in [0.2, 0.25) is 0 Å². The Balaban J connectivity index is 1.52. The van der Waals surface area contributed by atoms with E-state index in [0.717, 1.165) is 27.7 Å². The molecule has 12 nitrogen and oxygen atoms in total. The molecule has 2 aromatic heterocycles. The lowest BCUT2D eigenvalue weighted by Gasteiger charge is -2.50. The van der Waals surface area contributed by atoms with Crippen LogP contribution in [0.1, 0.15) is 24.2 Å². The summed E-state index contributed by atoms with van der Waals surface area (Å²) in [5, 5.41) is 24.9. The SMILES string of the molecule is NCCSCc1ncccc1SC1=C(C(=O)O)N2C(=O)C(NC(=O)/C(=N\O)c3nc(N)sc3Cl)[C@H]2CC1. The predicted molar refractivity (Wildman–Crippen MR) is 142 cm³/mol. The van der Waals surface area contributed by atoms with Gasteiger partial charge in [0, 0.05) is 34.0 Å². The zero-order chi connectivity index (χ0) is 26.7. The molecule has 2 amide bonds. The first-order valence-corrected chi connectivity index (χ1v) is 14.1. The number of carboxylic acids is 1. The van der Waals surface area contributed by atoms with Gasteiger partial charge in [-0.2, -0.15) is 11.8 Å². The third-order valence-corrected chi connectivity index (χ3v) is 8.93. The summed E-state index contributed by atoms with van der Waals surface area (Å²) in [5.41, 5.74) is 11.2. The summed E-state index contributed by atoms with van der Waals surface area (Å²) in [6.45, 7) is 0.543. The molecular formula is C21H22ClN7O5S3. The molecule has 196 valence electrons. The van der Waals surface area contributed by atoms with Crippen LogP contribution in [-0.2, 0) is 20.1 Å². The average molecular weight is 584 g/mol. The zero-order valence-corrected chi connectivity index (χ0v) is 22.3. The van der Waals surface area contributed by atoms with Crippen molar-refractivity contribution in [3.05, 3.63) is 44.7 Å². The fourth-order valence-corrected chi connectivity index (χ4v) is 6.92. The summed E-state index contributed by atoms with van der Waals surface area (Å²) < 4.78 is 0.0497. The number of anilines is 1. The Bertz CT molecular complexity index is 1300. The Morgan fingerprint density at radius 3 is 2.84 bits per heavy atom. The standard InChI is InChI=1S/C21H22ClN7O5S3/c22-17-14(27-21(24)37-17)15(28-34)18(30)26-13-10-3-4-12(16(20(32)33)29(10)19(13)31)36-11-2-1-6-25-9(11)8-35-7-5-23/h1-2,6,10,13,34H,3-5,7-8,23H2,(H2,24,27)(H,26,30)(H,32,33)/b28-15-/t10-,13?/m1/s1. The van der Waals surface area contributed by atoms with E-state index in [0.29, 0.717) is 30.0 Å². The smallest absolute Gasteiger partial charge is 0.353 e. The molecule has 1 unspecified atom stereocenters.